The molecule has 8 rings (SSSR count). The van der Waals surface area contributed by atoms with Crippen molar-refractivity contribution in [2.45, 2.75) is 44.2 Å². The van der Waals surface area contributed by atoms with Gasteiger partial charge in [0.25, 0.3) is 5.91 Å². The van der Waals surface area contributed by atoms with Crippen LogP contribution in [0.5, 0.6) is 11.5 Å². The van der Waals surface area contributed by atoms with Gasteiger partial charge < -0.3 is 40.4 Å². The molecule has 7 aromatic rings. The third-order valence-corrected chi connectivity index (χ3v) is 13.5. The summed E-state index contributed by atoms with van der Waals surface area (Å²) in [5.74, 6) is -0.585. The first-order chi connectivity index (χ1) is 32.0. The molecule has 66 heavy (non-hydrogen) atoms. The summed E-state index contributed by atoms with van der Waals surface area (Å²) in [4.78, 5) is 46.1. The molecule has 0 radical (unpaired) electrons. The Morgan fingerprint density at radius 3 is 2.39 bits per heavy atom. The smallest absolute Gasteiger partial charge is 0.347 e. The number of amides is 1. The monoisotopic (exact) mass is 926 g/mol. The van der Waals surface area contributed by atoms with Gasteiger partial charge in [0.1, 0.15) is 11.5 Å². The maximum absolute atomic E-state index is 14.0. The number of carbonyl (C=O) groups is 2. The minimum Gasteiger partial charge on any atom is -0.506 e. The average molecular weight is 928 g/mol. The number of phenols is 1. The number of likely N-dealkylation sites (tertiary alicyclic amines) is 1. The highest BCUT2D eigenvalue weighted by molar-refractivity contribution is 7.15. The summed E-state index contributed by atoms with van der Waals surface area (Å²) in [5, 5.41) is 40.4. The van der Waals surface area contributed by atoms with E-state index in [0.29, 0.717) is 33.4 Å². The molecule has 0 aliphatic carbocycles. The fraction of sp³-hybridized carbons (Fsp3) is 0.250. The molecule has 1 aliphatic heterocycles. The molecule has 1 amide bonds. The Bertz CT molecular complexity index is 2870. The number of nitrogens with zero attached hydrogens (tertiary/aromatic N) is 1. The van der Waals surface area contributed by atoms with E-state index in [1.54, 1.807) is 54.6 Å². The third kappa shape index (κ3) is 10.5. The van der Waals surface area contributed by atoms with Crippen LogP contribution in [0.1, 0.15) is 62.0 Å². The van der Waals surface area contributed by atoms with Gasteiger partial charge in [0.15, 0.2) is 0 Å². The second-order valence-corrected chi connectivity index (χ2v) is 18.1. The number of halogens is 1. The van der Waals surface area contributed by atoms with Gasteiger partial charge in [-0.25, -0.2) is 4.79 Å². The largest absolute Gasteiger partial charge is 0.506 e. The van der Waals surface area contributed by atoms with E-state index in [0.717, 1.165) is 47.8 Å². The normalized spacial score (nSPS) is 14.7. The van der Waals surface area contributed by atoms with Crippen molar-refractivity contribution in [3.8, 4) is 21.9 Å². The molecule has 1 fully saturated rings. The van der Waals surface area contributed by atoms with Gasteiger partial charge in [0.05, 0.1) is 42.5 Å². The lowest BCUT2D eigenvalue weighted by Crippen LogP contribution is -2.40. The zero-order chi connectivity index (χ0) is 46.2. The predicted molar refractivity (Wildman–Crippen MR) is 257 cm³/mol. The number of methoxy groups -OCH3 is 1. The molecule has 340 valence electrons. The van der Waals surface area contributed by atoms with Crippen LogP contribution in [0.3, 0.4) is 0 Å². The van der Waals surface area contributed by atoms with E-state index >= 15 is 0 Å². The van der Waals surface area contributed by atoms with Gasteiger partial charge in [-0.3, -0.25) is 14.5 Å². The van der Waals surface area contributed by atoms with Crippen LogP contribution in [0.4, 0.5) is 0 Å². The third-order valence-electron chi connectivity index (χ3n) is 12.1. The zero-order valence-electron chi connectivity index (χ0n) is 36.3. The minimum atomic E-state index is -2.04. The molecular weight excluding hydrogens is 876 g/mol. The SMILES string of the molecule is COc1cc(C(=O)NCc2ccc(-c3cccc([C@](O)(C(=O)OCC4CCN(Cc5ccccc5)CC4)c4ccccc4)c3)s2)c(Cl)cc1CNC[C@H](O)c1ccc(O)c2[nH]c(=O)ccc12. The van der Waals surface area contributed by atoms with Gasteiger partial charge in [0.2, 0.25) is 11.2 Å². The molecule has 1 saturated heterocycles. The van der Waals surface area contributed by atoms with Gasteiger partial charge >= 0.3 is 5.97 Å². The number of thiophene rings is 1. The Kier molecular flexibility index (Phi) is 14.6. The molecule has 0 saturated carbocycles. The van der Waals surface area contributed by atoms with Crippen LogP contribution in [-0.2, 0) is 34.8 Å². The highest BCUT2D eigenvalue weighted by Crippen LogP contribution is 2.37. The molecule has 6 N–H and O–H groups in total. The maximum Gasteiger partial charge on any atom is 0.347 e. The van der Waals surface area contributed by atoms with Crippen LogP contribution in [-0.4, -0.2) is 70.4 Å². The van der Waals surface area contributed by atoms with E-state index in [-0.39, 0.29) is 59.6 Å². The lowest BCUT2D eigenvalue weighted by molar-refractivity contribution is -0.164. The van der Waals surface area contributed by atoms with Crippen LogP contribution in [0.25, 0.3) is 21.3 Å². The number of hydrogen-bond donors (Lipinski definition) is 6. The lowest BCUT2D eigenvalue weighted by atomic mass is 9.85. The van der Waals surface area contributed by atoms with Gasteiger partial charge in [-0.1, -0.05) is 96.5 Å². The van der Waals surface area contributed by atoms with E-state index in [4.69, 9.17) is 21.1 Å². The number of rotatable bonds is 17. The van der Waals surface area contributed by atoms with Gasteiger partial charge in [-0.2, -0.15) is 0 Å². The molecule has 1 aliphatic rings. The Morgan fingerprint density at radius 1 is 0.894 bits per heavy atom. The number of hydrogen-bond acceptors (Lipinski definition) is 11. The van der Waals surface area contributed by atoms with Crippen molar-refractivity contribution in [3.63, 3.8) is 0 Å². The Hall–Kier alpha value is -6.32. The van der Waals surface area contributed by atoms with Crippen molar-refractivity contribution < 1.29 is 34.4 Å². The number of aromatic hydroxyl groups is 1. The van der Waals surface area contributed by atoms with E-state index < -0.39 is 23.6 Å². The second-order valence-electron chi connectivity index (χ2n) is 16.5. The summed E-state index contributed by atoms with van der Waals surface area (Å²) >= 11 is 8.13. The van der Waals surface area contributed by atoms with Crippen LogP contribution < -0.4 is 20.9 Å². The number of aliphatic hydroxyl groups is 2. The van der Waals surface area contributed by atoms with Crippen molar-refractivity contribution in [2.75, 3.05) is 33.4 Å². The molecular formula is C52H51ClN4O8S. The number of aromatic nitrogens is 1. The average Bonchev–Trinajstić information content (AvgIpc) is 3.83. The summed E-state index contributed by atoms with van der Waals surface area (Å²) < 4.78 is 11.6. The molecule has 3 heterocycles. The number of carbonyl (C=O) groups excluding carboxylic acids is 2. The van der Waals surface area contributed by atoms with Crippen LogP contribution in [0, 0.1) is 5.92 Å². The number of aromatic amines is 1. The van der Waals surface area contributed by atoms with Crippen molar-refractivity contribution in [1.29, 1.82) is 0 Å². The molecule has 2 aromatic heterocycles. The summed E-state index contributed by atoms with van der Waals surface area (Å²) in [6, 6.07) is 39.6. The summed E-state index contributed by atoms with van der Waals surface area (Å²) in [6.07, 6.45) is 0.825. The number of phenolic OH excluding ortho intramolecular Hbond substituents is 1. The topological polar surface area (TPSA) is 173 Å². The number of pyridine rings is 1. The van der Waals surface area contributed by atoms with Crippen LogP contribution >= 0.6 is 22.9 Å². The van der Waals surface area contributed by atoms with E-state index in [9.17, 15) is 29.7 Å². The highest BCUT2D eigenvalue weighted by atomic mass is 35.5. The summed E-state index contributed by atoms with van der Waals surface area (Å²) in [5.41, 5.74) is 2.13. The first-order valence-corrected chi connectivity index (χ1v) is 23.0. The number of piperidine rings is 1. The number of nitrogens with one attached hydrogen (secondary N) is 3. The Morgan fingerprint density at radius 2 is 1.64 bits per heavy atom. The van der Waals surface area contributed by atoms with Crippen molar-refractivity contribution in [1.82, 2.24) is 20.5 Å². The summed E-state index contributed by atoms with van der Waals surface area (Å²) in [6.45, 7) is 3.54. The molecule has 2 atom stereocenters. The number of esters is 1. The molecule has 14 heteroatoms. The first-order valence-electron chi connectivity index (χ1n) is 21.8. The van der Waals surface area contributed by atoms with E-state index in [1.165, 1.54) is 36.1 Å². The van der Waals surface area contributed by atoms with Gasteiger partial charge in [-0.05, 0) is 96.6 Å². The minimum absolute atomic E-state index is 0.0937. The second kappa shape index (κ2) is 20.9. The van der Waals surface area contributed by atoms with Crippen molar-refractivity contribution in [3.05, 3.63) is 187 Å². The quantitative estimate of drug-likeness (QED) is 0.0491. The van der Waals surface area contributed by atoms with Crippen LogP contribution in [0.2, 0.25) is 5.02 Å². The fourth-order valence-electron chi connectivity index (χ4n) is 8.42. The molecule has 0 unspecified atom stereocenters. The highest BCUT2D eigenvalue weighted by Gasteiger charge is 2.42. The van der Waals surface area contributed by atoms with Gasteiger partial charge in [-0.15, -0.1) is 11.3 Å². The number of benzene rings is 5. The number of H-pyrrole nitrogens is 1. The number of ether oxygens (including phenoxy) is 2. The van der Waals surface area contributed by atoms with Gasteiger partial charge in [0, 0.05) is 52.0 Å². The summed E-state index contributed by atoms with van der Waals surface area (Å²) in [7, 11) is 1.50. The Balaban J connectivity index is 0.885. The molecule has 0 bridgehead atoms. The number of fused-ring (bicyclic) bond motifs is 1. The first kappa shape index (κ1) is 46.2. The Labute approximate surface area is 391 Å². The molecule has 5 aromatic carbocycles. The van der Waals surface area contributed by atoms with E-state index in [1.807, 2.05) is 42.5 Å². The van der Waals surface area contributed by atoms with Crippen LogP contribution in [0.15, 0.2) is 138 Å². The predicted octanol–water partition coefficient (Wildman–Crippen LogP) is 8.07. The molecule has 0 spiro atoms. The van der Waals surface area contributed by atoms with Crippen molar-refractivity contribution >= 4 is 45.7 Å². The maximum atomic E-state index is 14.0. The lowest BCUT2D eigenvalue weighted by Gasteiger charge is -2.33. The van der Waals surface area contributed by atoms with Crippen molar-refractivity contribution in [2.24, 2.45) is 5.92 Å². The van der Waals surface area contributed by atoms with E-state index in [2.05, 4.69) is 44.8 Å². The fourth-order valence-corrected chi connectivity index (χ4v) is 9.64. The zero-order valence-corrected chi connectivity index (χ0v) is 37.9. The number of aliphatic hydroxyl groups excluding tert-OH is 1. The standard InChI is InChI=1S/C52H51ClN4O8S/c1-64-46-27-42(43(53)26-36(46)28-54-30-45(59)40-16-18-44(58)49-41(40)17-20-48(60)56-49)50(61)55-29-39-15-19-47(66-39)35-11-8-14-38(25-35)52(63,37-12-6-3-7-13-37)51(62)65-32-34-21-23-57(24-22-34)31-33-9-4-2-5-10-33/h2-20,25-27,34,45,54,58-59,63H,21-24,28-32H2,1H3,(H,55,61)(H,56,60)/t45-,52-/m0/s1. The molecule has 12 nitrogen and oxygen atoms in total.